The number of fused-ring (bicyclic) bond motifs is 1. The summed E-state index contributed by atoms with van der Waals surface area (Å²) in [6, 6.07) is 11.1. The number of para-hydroxylation sites is 1. The van der Waals surface area contributed by atoms with Crippen molar-refractivity contribution in [1.82, 2.24) is 4.98 Å². The number of hydrogen-bond donors (Lipinski definition) is 2. The SMILES string of the molecule is COc1ccc(S(=O)(=O)N2CCc3ccccc32)cc1C(=O)Nc1cc(C(F)(F)F)c[nH]c1=O. The van der Waals surface area contributed by atoms with Gasteiger partial charge in [0.15, 0.2) is 0 Å². The van der Waals surface area contributed by atoms with Crippen molar-refractivity contribution in [3.8, 4) is 5.75 Å². The van der Waals surface area contributed by atoms with Crippen molar-refractivity contribution in [2.75, 3.05) is 23.3 Å². The van der Waals surface area contributed by atoms with Gasteiger partial charge in [-0.05, 0) is 42.3 Å². The summed E-state index contributed by atoms with van der Waals surface area (Å²) < 4.78 is 71.9. The van der Waals surface area contributed by atoms with E-state index in [0.717, 1.165) is 11.6 Å². The van der Waals surface area contributed by atoms with Crippen LogP contribution in [-0.4, -0.2) is 33.0 Å². The molecule has 0 radical (unpaired) electrons. The maximum atomic E-state index is 13.3. The Bertz CT molecular complexity index is 1430. The fourth-order valence-electron chi connectivity index (χ4n) is 3.64. The molecule has 0 saturated heterocycles. The van der Waals surface area contributed by atoms with Crippen molar-refractivity contribution < 1.29 is 31.1 Å². The Hall–Kier alpha value is -3.80. The van der Waals surface area contributed by atoms with Gasteiger partial charge in [0.05, 0.1) is 28.8 Å². The number of ether oxygens (including phenoxy) is 1. The fraction of sp³-hybridized carbons (Fsp3) is 0.182. The number of aromatic nitrogens is 1. The molecule has 0 bridgehead atoms. The van der Waals surface area contributed by atoms with Crippen LogP contribution in [0.5, 0.6) is 5.75 Å². The molecule has 8 nitrogen and oxygen atoms in total. The summed E-state index contributed by atoms with van der Waals surface area (Å²) in [5.41, 5.74) is -1.66. The fourth-order valence-corrected chi connectivity index (χ4v) is 5.17. The minimum Gasteiger partial charge on any atom is -0.496 e. The smallest absolute Gasteiger partial charge is 0.417 e. The Balaban J connectivity index is 1.70. The summed E-state index contributed by atoms with van der Waals surface area (Å²) in [4.78, 5) is 26.5. The third-order valence-corrected chi connectivity index (χ3v) is 7.14. The highest BCUT2D eigenvalue weighted by atomic mass is 32.2. The maximum Gasteiger partial charge on any atom is 0.417 e. The number of nitrogens with zero attached hydrogens (tertiary/aromatic N) is 1. The lowest BCUT2D eigenvalue weighted by Crippen LogP contribution is -2.29. The van der Waals surface area contributed by atoms with E-state index in [4.69, 9.17) is 4.74 Å². The van der Waals surface area contributed by atoms with Gasteiger partial charge < -0.3 is 15.0 Å². The average Bonchev–Trinajstić information content (AvgIpc) is 3.24. The van der Waals surface area contributed by atoms with Crippen molar-refractivity contribution in [3.63, 3.8) is 0 Å². The number of pyridine rings is 1. The Morgan fingerprint density at radius 2 is 1.88 bits per heavy atom. The molecule has 0 atom stereocenters. The molecule has 2 N–H and O–H groups in total. The van der Waals surface area contributed by atoms with E-state index < -0.39 is 38.9 Å². The summed E-state index contributed by atoms with van der Waals surface area (Å²) in [5, 5.41) is 2.11. The number of methoxy groups -OCH3 is 1. The lowest BCUT2D eigenvalue weighted by Gasteiger charge is -2.20. The van der Waals surface area contributed by atoms with Gasteiger partial charge in [-0.25, -0.2) is 8.42 Å². The van der Waals surface area contributed by atoms with Gasteiger partial charge in [-0.1, -0.05) is 18.2 Å². The number of alkyl halides is 3. The first kappa shape index (κ1) is 23.4. The zero-order valence-electron chi connectivity index (χ0n) is 17.6. The highest BCUT2D eigenvalue weighted by Crippen LogP contribution is 2.34. The number of nitrogens with one attached hydrogen (secondary N) is 2. The van der Waals surface area contributed by atoms with E-state index in [1.165, 1.54) is 23.5 Å². The minimum atomic E-state index is -4.75. The number of carbonyl (C=O) groups is 1. The monoisotopic (exact) mass is 493 g/mol. The van der Waals surface area contributed by atoms with Crippen molar-refractivity contribution in [1.29, 1.82) is 0 Å². The second-order valence-corrected chi connectivity index (χ2v) is 9.26. The number of benzene rings is 2. The second kappa shape index (κ2) is 8.52. The normalized spacial score (nSPS) is 13.5. The average molecular weight is 493 g/mol. The topological polar surface area (TPSA) is 109 Å². The molecule has 12 heteroatoms. The van der Waals surface area contributed by atoms with Crippen LogP contribution in [0.2, 0.25) is 0 Å². The first-order valence-electron chi connectivity index (χ1n) is 9.92. The summed E-state index contributed by atoms with van der Waals surface area (Å²) in [6.07, 6.45) is -3.74. The standard InChI is InChI=1S/C22H18F3N3O5S/c1-33-19-7-6-15(34(31,32)28-9-8-13-4-2-3-5-18(13)28)11-16(19)20(29)27-17-10-14(22(23,24)25)12-26-21(17)30/h2-7,10-12H,8-9H2,1H3,(H,26,30)(H,27,29). The highest BCUT2D eigenvalue weighted by Gasteiger charge is 2.33. The second-order valence-electron chi connectivity index (χ2n) is 7.40. The largest absolute Gasteiger partial charge is 0.496 e. The number of anilines is 2. The molecule has 2 aromatic carbocycles. The summed E-state index contributed by atoms with van der Waals surface area (Å²) in [6.45, 7) is 0.217. The quantitative estimate of drug-likeness (QED) is 0.566. The third kappa shape index (κ3) is 4.23. The van der Waals surface area contributed by atoms with Gasteiger partial charge >= 0.3 is 6.18 Å². The third-order valence-electron chi connectivity index (χ3n) is 5.33. The molecular formula is C22H18F3N3O5S. The minimum absolute atomic E-state index is 0.0262. The first-order valence-corrected chi connectivity index (χ1v) is 11.4. The van der Waals surface area contributed by atoms with Crippen LogP contribution in [0.3, 0.4) is 0 Å². The summed E-state index contributed by atoms with van der Waals surface area (Å²) in [7, 11) is -2.81. The van der Waals surface area contributed by atoms with Gasteiger partial charge in [0.1, 0.15) is 11.4 Å². The van der Waals surface area contributed by atoms with Crippen molar-refractivity contribution in [2.45, 2.75) is 17.5 Å². The summed E-state index contributed by atoms with van der Waals surface area (Å²) in [5.74, 6) is -1.04. The van der Waals surface area contributed by atoms with E-state index in [1.807, 2.05) is 11.1 Å². The number of halogens is 3. The molecule has 3 aromatic rings. The molecule has 178 valence electrons. The van der Waals surface area contributed by atoms with Gasteiger partial charge in [-0.2, -0.15) is 13.2 Å². The lowest BCUT2D eigenvalue weighted by molar-refractivity contribution is -0.137. The predicted octanol–water partition coefficient (Wildman–Crippen LogP) is 3.41. The van der Waals surface area contributed by atoms with Crippen LogP contribution in [0.1, 0.15) is 21.5 Å². The van der Waals surface area contributed by atoms with E-state index in [1.54, 1.807) is 18.2 Å². The summed E-state index contributed by atoms with van der Waals surface area (Å²) >= 11 is 0. The molecule has 34 heavy (non-hydrogen) atoms. The number of H-pyrrole nitrogens is 1. The van der Waals surface area contributed by atoms with Gasteiger partial charge in [-0.3, -0.25) is 13.9 Å². The van der Waals surface area contributed by atoms with Gasteiger partial charge in [0, 0.05) is 12.7 Å². The molecule has 1 aliphatic rings. The first-order chi connectivity index (χ1) is 16.0. The van der Waals surface area contributed by atoms with Crippen LogP contribution >= 0.6 is 0 Å². The number of amides is 1. The van der Waals surface area contributed by atoms with Crippen molar-refractivity contribution in [3.05, 3.63) is 81.8 Å². The Morgan fingerprint density at radius 1 is 1.15 bits per heavy atom. The maximum absolute atomic E-state index is 13.3. The number of sulfonamides is 1. The van der Waals surface area contributed by atoms with E-state index in [9.17, 15) is 31.2 Å². The van der Waals surface area contributed by atoms with Crippen molar-refractivity contribution in [2.24, 2.45) is 0 Å². The molecule has 1 amide bonds. The van der Waals surface area contributed by atoms with Gasteiger partial charge in [-0.15, -0.1) is 0 Å². The Labute approximate surface area is 192 Å². The molecule has 4 rings (SSSR count). The van der Waals surface area contributed by atoms with Crippen LogP contribution < -0.4 is 19.9 Å². The van der Waals surface area contributed by atoms with E-state index in [-0.39, 0.29) is 22.8 Å². The predicted molar refractivity (Wildman–Crippen MR) is 118 cm³/mol. The van der Waals surface area contributed by atoms with E-state index in [0.29, 0.717) is 24.4 Å². The highest BCUT2D eigenvalue weighted by molar-refractivity contribution is 7.92. The van der Waals surface area contributed by atoms with Gasteiger partial charge in [0.25, 0.3) is 21.5 Å². The molecule has 0 unspecified atom stereocenters. The van der Waals surface area contributed by atoms with Crippen molar-refractivity contribution >= 4 is 27.3 Å². The van der Waals surface area contributed by atoms with Crippen LogP contribution in [0, 0.1) is 0 Å². The molecule has 0 spiro atoms. The van der Waals surface area contributed by atoms with Crippen LogP contribution in [0.25, 0.3) is 0 Å². The number of aromatic amines is 1. The van der Waals surface area contributed by atoms with Crippen LogP contribution in [0.15, 0.2) is 64.4 Å². The molecule has 0 aliphatic carbocycles. The Morgan fingerprint density at radius 3 is 2.59 bits per heavy atom. The van der Waals surface area contributed by atoms with Crippen LogP contribution in [0.4, 0.5) is 24.5 Å². The zero-order chi connectivity index (χ0) is 24.7. The Kier molecular flexibility index (Phi) is 5.86. The zero-order valence-corrected chi connectivity index (χ0v) is 18.5. The molecular weight excluding hydrogens is 475 g/mol. The number of carbonyl (C=O) groups excluding carboxylic acids is 1. The van der Waals surface area contributed by atoms with Gasteiger partial charge in [0.2, 0.25) is 0 Å². The number of rotatable bonds is 5. The molecule has 0 fully saturated rings. The molecule has 0 saturated carbocycles. The molecule has 1 aliphatic heterocycles. The molecule has 2 heterocycles. The van der Waals surface area contributed by atoms with E-state index >= 15 is 0 Å². The van der Waals surface area contributed by atoms with E-state index in [2.05, 4.69) is 5.32 Å². The lowest BCUT2D eigenvalue weighted by atomic mass is 10.1. The van der Waals surface area contributed by atoms with Crippen LogP contribution in [-0.2, 0) is 22.6 Å². The number of hydrogen-bond acceptors (Lipinski definition) is 5. The molecule has 1 aromatic heterocycles.